The number of nitrogens with one attached hydrogen (secondary N) is 1. The summed E-state index contributed by atoms with van der Waals surface area (Å²) in [5.74, 6) is -0.531. The monoisotopic (exact) mass is 442 g/mol. The Balaban J connectivity index is 2.34. The van der Waals surface area contributed by atoms with Gasteiger partial charge in [-0.2, -0.15) is 4.31 Å². The number of hydrogen-bond acceptors (Lipinski definition) is 3. The topological polar surface area (TPSA) is 66.5 Å². The quantitative estimate of drug-likeness (QED) is 0.722. The maximum Gasteiger partial charge on any atom is 0.243 e. The first-order valence-corrected chi connectivity index (χ1v) is 10.9. The zero-order chi connectivity index (χ0) is 21.4. The lowest BCUT2D eigenvalue weighted by molar-refractivity contribution is -0.116. The van der Waals surface area contributed by atoms with Crippen molar-refractivity contribution in [2.75, 3.05) is 18.9 Å². The summed E-state index contributed by atoms with van der Waals surface area (Å²) >= 11 is 12.1. The molecular formula is C20H24Cl2N2O3S. The van der Waals surface area contributed by atoms with Crippen molar-refractivity contribution in [2.24, 2.45) is 0 Å². The minimum Gasteiger partial charge on any atom is -0.322 e. The van der Waals surface area contributed by atoms with Crippen molar-refractivity contribution in [3.05, 3.63) is 56.1 Å². The minimum atomic E-state index is -3.86. The lowest BCUT2D eigenvalue weighted by Gasteiger charge is -2.23. The lowest BCUT2D eigenvalue weighted by atomic mass is 9.95. The van der Waals surface area contributed by atoms with Gasteiger partial charge in [-0.15, -0.1) is 0 Å². The number of nitrogens with zero attached hydrogens (tertiary/aromatic N) is 1. The summed E-state index contributed by atoms with van der Waals surface area (Å²) in [6, 6.07) is 4.84. The molecule has 2 rings (SSSR count). The predicted octanol–water partition coefficient (Wildman–Crippen LogP) is 4.79. The molecule has 1 amide bonds. The Bertz CT molecular complexity index is 1000. The van der Waals surface area contributed by atoms with Gasteiger partial charge in [0.25, 0.3) is 0 Å². The zero-order valence-corrected chi connectivity index (χ0v) is 19.1. The summed E-state index contributed by atoms with van der Waals surface area (Å²) in [5, 5.41) is 3.15. The maximum atomic E-state index is 13.2. The van der Waals surface area contributed by atoms with Crippen LogP contribution in [0.5, 0.6) is 0 Å². The molecule has 0 heterocycles. The van der Waals surface area contributed by atoms with E-state index in [2.05, 4.69) is 5.32 Å². The standard InChI is InChI=1S/C20H24Cl2N2O3S/c1-11-12(2)14(4)20(15(5)13(11)3)28(26,27)24(6)10-18(25)23-19-16(21)8-7-9-17(19)22/h7-9H,10H2,1-6H3,(H,23,25). The van der Waals surface area contributed by atoms with E-state index in [1.54, 1.807) is 32.0 Å². The molecule has 0 saturated heterocycles. The SMILES string of the molecule is Cc1c(C)c(C)c(S(=O)(=O)N(C)CC(=O)Nc2c(Cl)cccc2Cl)c(C)c1C. The molecule has 5 nitrogen and oxygen atoms in total. The normalized spacial score (nSPS) is 11.8. The molecule has 0 aliphatic carbocycles. The highest BCUT2D eigenvalue weighted by Gasteiger charge is 2.29. The van der Waals surface area contributed by atoms with Gasteiger partial charge in [0.15, 0.2) is 0 Å². The van der Waals surface area contributed by atoms with Gasteiger partial charge in [-0.1, -0.05) is 29.3 Å². The number of para-hydroxylation sites is 1. The van der Waals surface area contributed by atoms with Crippen LogP contribution in [0.2, 0.25) is 10.0 Å². The number of sulfonamides is 1. The molecule has 2 aromatic carbocycles. The largest absolute Gasteiger partial charge is 0.322 e. The molecule has 0 aliphatic rings. The Morgan fingerprint density at radius 1 is 0.929 bits per heavy atom. The fourth-order valence-electron chi connectivity index (χ4n) is 3.09. The Morgan fingerprint density at radius 2 is 1.36 bits per heavy atom. The number of carbonyl (C=O) groups excluding carboxylic acids is 1. The van der Waals surface area contributed by atoms with E-state index in [-0.39, 0.29) is 27.2 Å². The van der Waals surface area contributed by atoms with Crippen LogP contribution in [0.1, 0.15) is 27.8 Å². The van der Waals surface area contributed by atoms with Gasteiger partial charge in [0.05, 0.1) is 27.2 Å². The number of carbonyl (C=O) groups is 1. The summed E-state index contributed by atoms with van der Waals surface area (Å²) in [6.45, 7) is 9.00. The van der Waals surface area contributed by atoms with Gasteiger partial charge in [0, 0.05) is 7.05 Å². The smallest absolute Gasteiger partial charge is 0.243 e. The summed E-state index contributed by atoms with van der Waals surface area (Å²) in [5.41, 5.74) is 4.59. The van der Waals surface area contributed by atoms with E-state index in [9.17, 15) is 13.2 Å². The van der Waals surface area contributed by atoms with Gasteiger partial charge in [-0.05, 0) is 74.6 Å². The van der Waals surface area contributed by atoms with Crippen molar-refractivity contribution in [1.29, 1.82) is 0 Å². The van der Waals surface area contributed by atoms with Crippen LogP contribution in [0.3, 0.4) is 0 Å². The van der Waals surface area contributed by atoms with Crippen LogP contribution in [0.4, 0.5) is 5.69 Å². The molecule has 0 bridgehead atoms. The Hall–Kier alpha value is -1.60. The summed E-state index contributed by atoms with van der Waals surface area (Å²) in [7, 11) is -2.48. The van der Waals surface area contributed by atoms with E-state index in [0.29, 0.717) is 11.1 Å². The van der Waals surface area contributed by atoms with Crippen LogP contribution >= 0.6 is 23.2 Å². The van der Waals surface area contributed by atoms with Crippen LogP contribution < -0.4 is 5.32 Å². The van der Waals surface area contributed by atoms with Gasteiger partial charge in [-0.25, -0.2) is 8.42 Å². The fraction of sp³-hybridized carbons (Fsp3) is 0.350. The van der Waals surface area contributed by atoms with Crippen molar-refractivity contribution in [2.45, 2.75) is 39.5 Å². The number of likely N-dealkylation sites (N-methyl/N-ethyl adjacent to an activating group) is 1. The molecule has 0 fully saturated rings. The van der Waals surface area contributed by atoms with Gasteiger partial charge < -0.3 is 5.32 Å². The molecule has 0 atom stereocenters. The Labute approximate surface area is 176 Å². The summed E-state index contributed by atoms with van der Waals surface area (Å²) in [6.07, 6.45) is 0. The third kappa shape index (κ3) is 4.20. The van der Waals surface area contributed by atoms with E-state index in [0.717, 1.165) is 21.0 Å². The highest BCUT2D eigenvalue weighted by molar-refractivity contribution is 7.89. The molecule has 0 spiro atoms. The molecule has 1 N–H and O–H groups in total. The lowest BCUT2D eigenvalue weighted by Crippen LogP contribution is -2.36. The van der Waals surface area contributed by atoms with Gasteiger partial charge in [-0.3, -0.25) is 4.79 Å². The molecular weight excluding hydrogens is 419 g/mol. The fourth-order valence-corrected chi connectivity index (χ4v) is 5.26. The minimum absolute atomic E-state index is 0.249. The third-order valence-electron chi connectivity index (χ3n) is 5.19. The summed E-state index contributed by atoms with van der Waals surface area (Å²) < 4.78 is 27.4. The molecule has 152 valence electrons. The zero-order valence-electron chi connectivity index (χ0n) is 16.8. The van der Waals surface area contributed by atoms with E-state index in [4.69, 9.17) is 23.2 Å². The van der Waals surface area contributed by atoms with Gasteiger partial charge >= 0.3 is 0 Å². The van der Waals surface area contributed by atoms with Crippen molar-refractivity contribution >= 4 is 44.8 Å². The van der Waals surface area contributed by atoms with Crippen LogP contribution in [-0.2, 0) is 14.8 Å². The number of rotatable bonds is 5. The number of halogens is 2. The number of benzene rings is 2. The number of hydrogen-bond donors (Lipinski definition) is 1. The summed E-state index contributed by atoms with van der Waals surface area (Å²) in [4.78, 5) is 12.7. The van der Waals surface area contributed by atoms with E-state index < -0.39 is 15.9 Å². The second-order valence-electron chi connectivity index (χ2n) is 6.86. The average Bonchev–Trinajstić information content (AvgIpc) is 2.61. The van der Waals surface area contributed by atoms with Crippen molar-refractivity contribution < 1.29 is 13.2 Å². The predicted molar refractivity (Wildman–Crippen MR) is 115 cm³/mol. The van der Waals surface area contributed by atoms with Crippen molar-refractivity contribution in [1.82, 2.24) is 4.31 Å². The Morgan fingerprint density at radius 3 is 1.82 bits per heavy atom. The van der Waals surface area contributed by atoms with Gasteiger partial charge in [0.2, 0.25) is 15.9 Å². The first kappa shape index (κ1) is 22.7. The molecule has 0 saturated carbocycles. The van der Waals surface area contributed by atoms with Gasteiger partial charge in [0.1, 0.15) is 0 Å². The second-order valence-corrected chi connectivity index (χ2v) is 9.66. The first-order valence-electron chi connectivity index (χ1n) is 8.66. The van der Waals surface area contributed by atoms with Crippen LogP contribution in [-0.4, -0.2) is 32.2 Å². The van der Waals surface area contributed by atoms with E-state index in [1.165, 1.54) is 7.05 Å². The molecule has 8 heteroatoms. The number of anilines is 1. The van der Waals surface area contributed by atoms with Crippen LogP contribution in [0.15, 0.2) is 23.1 Å². The molecule has 0 unspecified atom stereocenters. The van der Waals surface area contributed by atoms with E-state index in [1.807, 2.05) is 20.8 Å². The van der Waals surface area contributed by atoms with Crippen LogP contribution in [0.25, 0.3) is 0 Å². The van der Waals surface area contributed by atoms with Crippen molar-refractivity contribution in [3.8, 4) is 0 Å². The Kier molecular flexibility index (Phi) is 6.82. The van der Waals surface area contributed by atoms with Crippen LogP contribution in [0, 0.1) is 34.6 Å². The molecule has 0 aromatic heterocycles. The number of amides is 1. The molecule has 2 aromatic rings. The first-order chi connectivity index (χ1) is 12.9. The molecule has 0 radical (unpaired) electrons. The third-order valence-corrected chi connectivity index (χ3v) is 7.90. The van der Waals surface area contributed by atoms with Crippen molar-refractivity contribution in [3.63, 3.8) is 0 Å². The van der Waals surface area contributed by atoms with E-state index >= 15 is 0 Å². The molecule has 28 heavy (non-hydrogen) atoms. The molecule has 0 aliphatic heterocycles. The maximum absolute atomic E-state index is 13.2. The highest BCUT2D eigenvalue weighted by atomic mass is 35.5. The highest BCUT2D eigenvalue weighted by Crippen LogP contribution is 2.32. The second kappa shape index (κ2) is 8.41. The average molecular weight is 443 g/mol.